The molecule has 0 bridgehead atoms. The highest BCUT2D eigenvalue weighted by atomic mass is 79.9. The number of hydrogen-bond acceptors (Lipinski definition) is 5. The summed E-state index contributed by atoms with van der Waals surface area (Å²) in [7, 11) is 0. The largest absolute Gasteiger partial charge is 0.461 e. The molecule has 0 saturated carbocycles. The zero-order valence-electron chi connectivity index (χ0n) is 20.9. The first-order chi connectivity index (χ1) is 18.1. The number of aryl methyl sites for hydroxylation is 1. The summed E-state index contributed by atoms with van der Waals surface area (Å²) in [5.41, 5.74) is 5.32. The van der Waals surface area contributed by atoms with Crippen LogP contribution < -0.4 is 5.32 Å². The van der Waals surface area contributed by atoms with Crippen LogP contribution in [0.4, 0.5) is 0 Å². The Labute approximate surface area is 226 Å². The molecule has 4 aromatic rings. The van der Waals surface area contributed by atoms with Gasteiger partial charge in [0.05, 0.1) is 18.0 Å². The molecule has 0 saturated heterocycles. The fourth-order valence-corrected chi connectivity index (χ4v) is 4.17. The highest BCUT2D eigenvalue weighted by Crippen LogP contribution is 2.21. The zero-order chi connectivity index (χ0) is 25.9. The van der Waals surface area contributed by atoms with Crippen molar-refractivity contribution < 1.29 is 9.53 Å². The van der Waals surface area contributed by atoms with Crippen LogP contribution in [-0.4, -0.2) is 40.4 Å². The molecule has 6 nitrogen and oxygen atoms in total. The van der Waals surface area contributed by atoms with E-state index in [0.717, 1.165) is 52.9 Å². The summed E-state index contributed by atoms with van der Waals surface area (Å²) in [5, 5.41) is 8.23. The van der Waals surface area contributed by atoms with Gasteiger partial charge < -0.3 is 10.1 Å². The number of rotatable bonds is 12. The molecular formula is C30H31BrN4O2. The van der Waals surface area contributed by atoms with E-state index in [4.69, 9.17) is 9.84 Å². The third-order valence-corrected chi connectivity index (χ3v) is 6.34. The van der Waals surface area contributed by atoms with Gasteiger partial charge in [0.25, 0.3) is 0 Å². The zero-order valence-corrected chi connectivity index (χ0v) is 22.5. The van der Waals surface area contributed by atoms with Crippen LogP contribution >= 0.6 is 15.9 Å². The van der Waals surface area contributed by atoms with Gasteiger partial charge in [-0.2, -0.15) is 5.10 Å². The third-order valence-electron chi connectivity index (χ3n) is 5.81. The first kappa shape index (κ1) is 26.5. The lowest BCUT2D eigenvalue weighted by Crippen LogP contribution is -2.21. The van der Waals surface area contributed by atoms with Gasteiger partial charge in [-0.15, -0.1) is 0 Å². The number of hydrogen-bond donors (Lipinski definition) is 1. The highest BCUT2D eigenvalue weighted by Gasteiger charge is 2.17. The molecule has 4 rings (SSSR count). The maximum Gasteiger partial charge on any atom is 0.356 e. The molecular weight excluding hydrogens is 528 g/mol. The lowest BCUT2D eigenvalue weighted by Gasteiger charge is -2.08. The maximum absolute atomic E-state index is 12.6. The van der Waals surface area contributed by atoms with Gasteiger partial charge in [0.1, 0.15) is 5.69 Å². The predicted molar refractivity (Wildman–Crippen MR) is 152 cm³/mol. The van der Waals surface area contributed by atoms with E-state index in [2.05, 4.69) is 50.5 Å². The Morgan fingerprint density at radius 3 is 2.62 bits per heavy atom. The average molecular weight is 560 g/mol. The summed E-state index contributed by atoms with van der Waals surface area (Å²) in [5.74, 6) is -0.359. The van der Waals surface area contributed by atoms with Crippen molar-refractivity contribution in [2.75, 3.05) is 19.7 Å². The van der Waals surface area contributed by atoms with E-state index in [1.807, 2.05) is 61.5 Å². The fourth-order valence-electron chi connectivity index (χ4n) is 3.90. The van der Waals surface area contributed by atoms with Crippen molar-refractivity contribution in [1.29, 1.82) is 0 Å². The van der Waals surface area contributed by atoms with Gasteiger partial charge in [0.2, 0.25) is 0 Å². The van der Waals surface area contributed by atoms with Crippen LogP contribution in [0, 0.1) is 0 Å². The molecule has 0 radical (unpaired) electrons. The second kappa shape index (κ2) is 13.7. The number of carbonyl (C=O) groups is 1. The summed E-state index contributed by atoms with van der Waals surface area (Å²) in [6, 6.07) is 24.2. The van der Waals surface area contributed by atoms with Crippen molar-refractivity contribution in [1.82, 2.24) is 20.1 Å². The average Bonchev–Trinajstić information content (AvgIpc) is 3.36. The molecule has 0 fully saturated rings. The molecule has 0 atom stereocenters. The molecule has 190 valence electrons. The number of halogens is 1. The Balaban J connectivity index is 1.39. The van der Waals surface area contributed by atoms with E-state index in [9.17, 15) is 4.79 Å². The SMILES string of the molecule is CCOC(=O)c1cc(-c2ccnc(C=Cc3ccccc3)c2)nn1CCCNCCc1ccc(Br)cc1. The van der Waals surface area contributed by atoms with E-state index < -0.39 is 0 Å². The summed E-state index contributed by atoms with van der Waals surface area (Å²) < 4.78 is 8.13. The summed E-state index contributed by atoms with van der Waals surface area (Å²) in [4.78, 5) is 17.1. The molecule has 0 amide bonds. The first-order valence-corrected chi connectivity index (χ1v) is 13.3. The third kappa shape index (κ3) is 7.97. The van der Waals surface area contributed by atoms with Gasteiger partial charge in [-0.05, 0) is 80.4 Å². The van der Waals surface area contributed by atoms with E-state index in [-0.39, 0.29) is 5.97 Å². The van der Waals surface area contributed by atoms with Gasteiger partial charge >= 0.3 is 5.97 Å². The molecule has 2 heterocycles. The van der Waals surface area contributed by atoms with Crippen molar-refractivity contribution in [2.45, 2.75) is 26.3 Å². The molecule has 2 aromatic carbocycles. The van der Waals surface area contributed by atoms with E-state index in [0.29, 0.717) is 18.8 Å². The number of ether oxygens (including phenoxy) is 1. The Kier molecular flexibility index (Phi) is 9.80. The number of nitrogens with zero attached hydrogens (tertiary/aromatic N) is 3. The fraction of sp³-hybridized carbons (Fsp3) is 0.233. The van der Waals surface area contributed by atoms with Gasteiger partial charge in [0.15, 0.2) is 0 Å². The van der Waals surface area contributed by atoms with Gasteiger partial charge in [-0.25, -0.2) is 4.79 Å². The molecule has 0 aliphatic carbocycles. The van der Waals surface area contributed by atoms with E-state index in [1.165, 1.54) is 5.56 Å². The van der Waals surface area contributed by atoms with Gasteiger partial charge in [-0.1, -0.05) is 64.5 Å². The van der Waals surface area contributed by atoms with Crippen LogP contribution in [0.2, 0.25) is 0 Å². The van der Waals surface area contributed by atoms with Crippen molar-refractivity contribution >= 4 is 34.1 Å². The van der Waals surface area contributed by atoms with Crippen LogP contribution in [0.15, 0.2) is 83.5 Å². The lowest BCUT2D eigenvalue weighted by atomic mass is 10.1. The normalized spacial score (nSPS) is 11.2. The highest BCUT2D eigenvalue weighted by molar-refractivity contribution is 9.10. The molecule has 0 unspecified atom stereocenters. The van der Waals surface area contributed by atoms with Crippen LogP contribution in [0.5, 0.6) is 0 Å². The molecule has 0 spiro atoms. The molecule has 7 heteroatoms. The summed E-state index contributed by atoms with van der Waals surface area (Å²) in [6.45, 7) is 4.47. The number of carbonyl (C=O) groups excluding carboxylic acids is 1. The van der Waals surface area contributed by atoms with Gasteiger partial charge in [0, 0.05) is 22.8 Å². The van der Waals surface area contributed by atoms with Crippen LogP contribution in [-0.2, 0) is 17.7 Å². The molecule has 0 aliphatic rings. The summed E-state index contributed by atoms with van der Waals surface area (Å²) >= 11 is 3.47. The number of esters is 1. The smallest absolute Gasteiger partial charge is 0.356 e. The molecule has 1 N–H and O–H groups in total. The minimum Gasteiger partial charge on any atom is -0.461 e. The molecule has 37 heavy (non-hydrogen) atoms. The maximum atomic E-state index is 12.6. The number of aromatic nitrogens is 3. The minimum absolute atomic E-state index is 0.320. The van der Waals surface area contributed by atoms with Crippen LogP contribution in [0.1, 0.15) is 40.7 Å². The molecule has 0 aliphatic heterocycles. The van der Waals surface area contributed by atoms with Crippen molar-refractivity contribution in [2.24, 2.45) is 0 Å². The monoisotopic (exact) mass is 558 g/mol. The standard InChI is InChI=1S/C30H31BrN4O2/c1-2-37-30(36)29-22-28(25-16-19-33-27(21-25)14-11-23-7-4-3-5-8-23)34-35(29)20-6-17-32-18-15-24-9-12-26(31)13-10-24/h3-5,7-14,16,19,21-22,32H,2,6,15,17-18,20H2,1H3. The Hall–Kier alpha value is -3.55. The van der Waals surface area contributed by atoms with E-state index >= 15 is 0 Å². The Morgan fingerprint density at radius 1 is 1.03 bits per heavy atom. The Bertz CT molecular complexity index is 1320. The van der Waals surface area contributed by atoms with E-state index in [1.54, 1.807) is 16.9 Å². The molecule has 2 aromatic heterocycles. The van der Waals surface area contributed by atoms with Crippen molar-refractivity contribution in [3.63, 3.8) is 0 Å². The first-order valence-electron chi connectivity index (χ1n) is 12.5. The van der Waals surface area contributed by atoms with Crippen LogP contribution in [0.25, 0.3) is 23.4 Å². The number of pyridine rings is 1. The summed E-state index contributed by atoms with van der Waals surface area (Å²) in [6.07, 6.45) is 7.57. The number of benzene rings is 2. The minimum atomic E-state index is -0.359. The Morgan fingerprint density at radius 2 is 1.84 bits per heavy atom. The second-order valence-corrected chi connectivity index (χ2v) is 9.47. The van der Waals surface area contributed by atoms with Crippen molar-refractivity contribution in [3.05, 3.63) is 106 Å². The van der Waals surface area contributed by atoms with Gasteiger partial charge in [-0.3, -0.25) is 9.67 Å². The second-order valence-electron chi connectivity index (χ2n) is 8.55. The predicted octanol–water partition coefficient (Wildman–Crippen LogP) is 6.28. The van der Waals surface area contributed by atoms with Crippen molar-refractivity contribution in [3.8, 4) is 11.3 Å². The quantitative estimate of drug-likeness (QED) is 0.164. The van der Waals surface area contributed by atoms with Crippen LogP contribution in [0.3, 0.4) is 0 Å². The topological polar surface area (TPSA) is 69.0 Å². The lowest BCUT2D eigenvalue weighted by molar-refractivity contribution is 0.0511. The number of nitrogens with one attached hydrogen (secondary N) is 1.